The third-order valence-corrected chi connectivity index (χ3v) is 1.99. The molecule has 6 nitrogen and oxygen atoms in total. The van der Waals surface area contributed by atoms with Gasteiger partial charge in [-0.05, 0) is 10.4 Å². The van der Waals surface area contributed by atoms with Gasteiger partial charge in [0.1, 0.15) is 0 Å². The predicted octanol–water partition coefficient (Wildman–Crippen LogP) is -0.240. The minimum atomic E-state index is 0.308. The van der Waals surface area contributed by atoms with Gasteiger partial charge in [0.05, 0.1) is 17.7 Å². The van der Waals surface area contributed by atoms with E-state index in [1.165, 1.54) is 16.0 Å². The first-order chi connectivity index (χ1) is 5.86. The standard InChI is InChI=1S/C5H6N6S/c6-5-8-9-10-11(5)1-4-2-12-3-7-4/h2-3H,1H2,(H2,6,8,10). The van der Waals surface area contributed by atoms with E-state index in [2.05, 4.69) is 20.5 Å². The third-order valence-electron chi connectivity index (χ3n) is 1.35. The Bertz CT molecular complexity index is 352. The molecule has 0 atom stereocenters. The Morgan fingerprint density at radius 1 is 1.58 bits per heavy atom. The second-order valence-electron chi connectivity index (χ2n) is 2.17. The van der Waals surface area contributed by atoms with Crippen LogP contribution in [0.5, 0.6) is 0 Å². The van der Waals surface area contributed by atoms with E-state index in [1.807, 2.05) is 5.38 Å². The van der Waals surface area contributed by atoms with Gasteiger partial charge in [-0.25, -0.2) is 9.67 Å². The lowest BCUT2D eigenvalue weighted by molar-refractivity contribution is 0.646. The monoisotopic (exact) mass is 182 g/mol. The molecular formula is C5H6N6S. The number of nitrogen functional groups attached to an aromatic ring is 1. The van der Waals surface area contributed by atoms with Crippen LogP contribution in [-0.4, -0.2) is 25.2 Å². The summed E-state index contributed by atoms with van der Waals surface area (Å²) in [5, 5.41) is 12.6. The number of thiazole rings is 1. The number of tetrazole rings is 1. The van der Waals surface area contributed by atoms with Crippen LogP contribution in [0.3, 0.4) is 0 Å². The molecule has 0 aliphatic rings. The first-order valence-corrected chi connectivity index (χ1v) is 4.19. The summed E-state index contributed by atoms with van der Waals surface area (Å²) in [6, 6.07) is 0. The van der Waals surface area contributed by atoms with E-state index < -0.39 is 0 Å². The van der Waals surface area contributed by atoms with Gasteiger partial charge >= 0.3 is 0 Å². The zero-order valence-corrected chi connectivity index (χ0v) is 6.90. The Morgan fingerprint density at radius 3 is 3.08 bits per heavy atom. The van der Waals surface area contributed by atoms with Crippen molar-refractivity contribution < 1.29 is 0 Å². The van der Waals surface area contributed by atoms with Crippen LogP contribution in [-0.2, 0) is 6.54 Å². The molecule has 0 aromatic carbocycles. The molecule has 0 amide bonds. The molecule has 2 N–H and O–H groups in total. The second kappa shape index (κ2) is 2.86. The quantitative estimate of drug-likeness (QED) is 0.693. The van der Waals surface area contributed by atoms with Crippen LogP contribution in [0.4, 0.5) is 5.95 Å². The Balaban J connectivity index is 2.20. The fraction of sp³-hybridized carbons (Fsp3) is 0.200. The van der Waals surface area contributed by atoms with Crippen molar-refractivity contribution in [2.24, 2.45) is 0 Å². The molecule has 2 aromatic heterocycles. The Kier molecular flexibility index (Phi) is 1.71. The van der Waals surface area contributed by atoms with Gasteiger partial charge < -0.3 is 5.73 Å². The zero-order chi connectivity index (χ0) is 8.39. The van der Waals surface area contributed by atoms with Gasteiger partial charge in [0.15, 0.2) is 0 Å². The van der Waals surface area contributed by atoms with Gasteiger partial charge in [-0.2, -0.15) is 0 Å². The van der Waals surface area contributed by atoms with Crippen LogP contribution < -0.4 is 5.73 Å². The summed E-state index contributed by atoms with van der Waals surface area (Å²) in [5.41, 5.74) is 8.14. The molecule has 0 radical (unpaired) electrons. The summed E-state index contributed by atoms with van der Waals surface area (Å²) in [7, 11) is 0. The normalized spacial score (nSPS) is 10.3. The Labute approximate surface area is 72.0 Å². The molecule has 0 aliphatic carbocycles. The summed E-state index contributed by atoms with van der Waals surface area (Å²) in [6.07, 6.45) is 0. The molecule has 2 rings (SSSR count). The highest BCUT2D eigenvalue weighted by Gasteiger charge is 2.02. The number of rotatable bonds is 2. The van der Waals surface area contributed by atoms with Gasteiger partial charge in [-0.1, -0.05) is 5.10 Å². The average molecular weight is 182 g/mol. The molecule has 2 aromatic rings. The van der Waals surface area contributed by atoms with Crippen molar-refractivity contribution >= 4 is 17.3 Å². The highest BCUT2D eigenvalue weighted by atomic mass is 32.1. The SMILES string of the molecule is Nc1nnnn1Cc1cscn1. The second-order valence-corrected chi connectivity index (χ2v) is 2.89. The summed E-state index contributed by atoms with van der Waals surface area (Å²) in [5.74, 6) is 0.308. The smallest absolute Gasteiger partial charge is 0.240 e. The zero-order valence-electron chi connectivity index (χ0n) is 6.08. The molecule has 0 saturated heterocycles. The van der Waals surface area contributed by atoms with Gasteiger partial charge in [0, 0.05) is 5.38 Å². The van der Waals surface area contributed by atoms with Crippen molar-refractivity contribution in [2.75, 3.05) is 5.73 Å². The molecular weight excluding hydrogens is 176 g/mol. The molecule has 0 bridgehead atoms. The van der Waals surface area contributed by atoms with E-state index in [-0.39, 0.29) is 0 Å². The van der Waals surface area contributed by atoms with Gasteiger partial charge in [-0.15, -0.1) is 11.3 Å². The molecule has 0 unspecified atom stereocenters. The maximum atomic E-state index is 5.46. The molecule has 0 fully saturated rings. The highest BCUT2D eigenvalue weighted by molar-refractivity contribution is 7.07. The third kappa shape index (κ3) is 1.26. The summed E-state index contributed by atoms with van der Waals surface area (Å²) >= 11 is 1.53. The van der Waals surface area contributed by atoms with Gasteiger partial charge in [0.2, 0.25) is 5.95 Å². The number of aromatic nitrogens is 5. The van der Waals surface area contributed by atoms with E-state index >= 15 is 0 Å². The Hall–Kier alpha value is -1.50. The lowest BCUT2D eigenvalue weighted by atomic mass is 10.5. The molecule has 0 aliphatic heterocycles. The molecule has 0 spiro atoms. The number of nitrogens with two attached hydrogens (primary N) is 1. The first-order valence-electron chi connectivity index (χ1n) is 3.25. The molecule has 12 heavy (non-hydrogen) atoms. The number of anilines is 1. The van der Waals surface area contributed by atoms with Crippen LogP contribution in [0.2, 0.25) is 0 Å². The van der Waals surface area contributed by atoms with Crippen LogP contribution in [0, 0.1) is 0 Å². The molecule has 0 saturated carbocycles. The van der Waals surface area contributed by atoms with E-state index in [9.17, 15) is 0 Å². The van der Waals surface area contributed by atoms with E-state index in [0.717, 1.165) is 5.69 Å². The number of hydrogen-bond acceptors (Lipinski definition) is 6. The van der Waals surface area contributed by atoms with Crippen molar-refractivity contribution in [2.45, 2.75) is 6.54 Å². The minimum Gasteiger partial charge on any atom is -0.367 e. The van der Waals surface area contributed by atoms with Crippen molar-refractivity contribution in [1.29, 1.82) is 0 Å². The summed E-state index contributed by atoms with van der Waals surface area (Å²) in [4.78, 5) is 4.08. The number of hydrogen-bond donors (Lipinski definition) is 1. The molecule has 7 heteroatoms. The van der Waals surface area contributed by atoms with Crippen molar-refractivity contribution in [3.63, 3.8) is 0 Å². The van der Waals surface area contributed by atoms with E-state index in [1.54, 1.807) is 5.51 Å². The molecule has 62 valence electrons. The topological polar surface area (TPSA) is 82.5 Å². The minimum absolute atomic E-state index is 0.308. The summed E-state index contributed by atoms with van der Waals surface area (Å²) < 4.78 is 1.50. The first kappa shape index (κ1) is 7.17. The predicted molar refractivity (Wildman–Crippen MR) is 43.4 cm³/mol. The number of nitrogens with zero attached hydrogens (tertiary/aromatic N) is 5. The lowest BCUT2D eigenvalue weighted by Crippen LogP contribution is -2.06. The Morgan fingerprint density at radius 2 is 2.50 bits per heavy atom. The van der Waals surface area contributed by atoms with Crippen LogP contribution in [0.25, 0.3) is 0 Å². The van der Waals surface area contributed by atoms with Gasteiger partial charge in [0.25, 0.3) is 0 Å². The summed E-state index contributed by atoms with van der Waals surface area (Å²) in [6.45, 7) is 0.530. The van der Waals surface area contributed by atoms with Crippen LogP contribution in [0.1, 0.15) is 5.69 Å². The fourth-order valence-corrected chi connectivity index (χ4v) is 1.34. The largest absolute Gasteiger partial charge is 0.367 e. The maximum absolute atomic E-state index is 5.46. The van der Waals surface area contributed by atoms with Crippen molar-refractivity contribution in [3.8, 4) is 0 Å². The van der Waals surface area contributed by atoms with Crippen LogP contribution >= 0.6 is 11.3 Å². The molecule has 2 heterocycles. The lowest BCUT2D eigenvalue weighted by Gasteiger charge is -1.95. The van der Waals surface area contributed by atoms with E-state index in [0.29, 0.717) is 12.5 Å². The maximum Gasteiger partial charge on any atom is 0.240 e. The average Bonchev–Trinajstić information content (AvgIpc) is 2.65. The van der Waals surface area contributed by atoms with E-state index in [4.69, 9.17) is 5.73 Å². The fourth-order valence-electron chi connectivity index (χ4n) is 0.793. The highest BCUT2D eigenvalue weighted by Crippen LogP contribution is 2.03. The van der Waals surface area contributed by atoms with Crippen molar-refractivity contribution in [1.82, 2.24) is 25.2 Å². The van der Waals surface area contributed by atoms with Gasteiger partial charge in [-0.3, -0.25) is 0 Å². The van der Waals surface area contributed by atoms with Crippen molar-refractivity contribution in [3.05, 3.63) is 16.6 Å². The van der Waals surface area contributed by atoms with Crippen LogP contribution in [0.15, 0.2) is 10.9 Å².